The molecule has 1 aromatic heterocycles. The Bertz CT molecular complexity index is 1490. The average Bonchev–Trinajstić information content (AvgIpc) is 3.33. The number of nitrogens with zero attached hydrogens (tertiary/aromatic N) is 2. The molecule has 1 aliphatic rings. The van der Waals surface area contributed by atoms with Gasteiger partial charge in [-0.05, 0) is 67.8 Å². The molecule has 0 saturated carbocycles. The molecule has 4 aromatic rings. The summed E-state index contributed by atoms with van der Waals surface area (Å²) >= 11 is 7.36. The summed E-state index contributed by atoms with van der Waals surface area (Å²) in [5.74, 6) is -1.70. The molecule has 0 spiro atoms. The van der Waals surface area contributed by atoms with E-state index in [0.29, 0.717) is 21.3 Å². The van der Waals surface area contributed by atoms with Crippen molar-refractivity contribution >= 4 is 55.7 Å². The summed E-state index contributed by atoms with van der Waals surface area (Å²) in [6, 6.07) is 17.4. The molecule has 1 unspecified atom stereocenters. The van der Waals surface area contributed by atoms with E-state index in [1.165, 1.54) is 16.2 Å². The van der Waals surface area contributed by atoms with Crippen LogP contribution in [0.15, 0.2) is 66.2 Å². The molecule has 1 aliphatic heterocycles. The molecule has 1 fully saturated rings. The van der Waals surface area contributed by atoms with Gasteiger partial charge in [-0.3, -0.25) is 14.5 Å². The van der Waals surface area contributed by atoms with Gasteiger partial charge in [0.05, 0.1) is 21.8 Å². The number of amides is 1. The number of Topliss-reactive ketones (excluding diaryl/α,β-unsaturated/α-hetero) is 1. The maximum atomic E-state index is 13.4. The van der Waals surface area contributed by atoms with E-state index < -0.39 is 17.7 Å². The molecule has 1 atom stereocenters. The molecular formula is C27H21ClN2O3S. The van der Waals surface area contributed by atoms with E-state index in [1.807, 2.05) is 57.2 Å². The first-order valence-corrected chi connectivity index (χ1v) is 12.0. The number of hydrogen-bond donors (Lipinski definition) is 1. The number of aromatic nitrogens is 1. The summed E-state index contributed by atoms with van der Waals surface area (Å²) in [6.45, 7) is 5.95. The zero-order chi connectivity index (χ0) is 24.1. The van der Waals surface area contributed by atoms with Crippen molar-refractivity contribution in [2.24, 2.45) is 0 Å². The lowest BCUT2D eigenvalue weighted by Crippen LogP contribution is -2.29. The van der Waals surface area contributed by atoms with Crippen LogP contribution in [0.1, 0.15) is 33.9 Å². The number of halogens is 1. The highest BCUT2D eigenvalue weighted by Crippen LogP contribution is 2.44. The number of anilines is 1. The van der Waals surface area contributed by atoms with Crippen LogP contribution in [0, 0.1) is 20.8 Å². The van der Waals surface area contributed by atoms with Crippen LogP contribution in [0.3, 0.4) is 0 Å². The van der Waals surface area contributed by atoms with Gasteiger partial charge in [-0.25, -0.2) is 4.98 Å². The Morgan fingerprint density at radius 3 is 2.32 bits per heavy atom. The van der Waals surface area contributed by atoms with E-state index in [1.54, 1.807) is 24.3 Å². The van der Waals surface area contributed by atoms with Gasteiger partial charge >= 0.3 is 5.91 Å². The Morgan fingerprint density at radius 1 is 0.971 bits per heavy atom. The van der Waals surface area contributed by atoms with Gasteiger partial charge in [-0.1, -0.05) is 58.8 Å². The van der Waals surface area contributed by atoms with Crippen molar-refractivity contribution in [3.63, 3.8) is 0 Å². The van der Waals surface area contributed by atoms with Gasteiger partial charge in [0.1, 0.15) is 5.76 Å². The molecular weight excluding hydrogens is 468 g/mol. The van der Waals surface area contributed by atoms with Crippen molar-refractivity contribution in [3.8, 4) is 0 Å². The third kappa shape index (κ3) is 3.69. The van der Waals surface area contributed by atoms with Crippen LogP contribution >= 0.6 is 22.9 Å². The number of rotatable bonds is 3. The number of thiazole rings is 1. The smallest absolute Gasteiger partial charge is 0.301 e. The minimum Gasteiger partial charge on any atom is -0.507 e. The van der Waals surface area contributed by atoms with Gasteiger partial charge in [-0.2, -0.15) is 0 Å². The number of benzene rings is 3. The van der Waals surface area contributed by atoms with Gasteiger partial charge in [0.15, 0.2) is 5.13 Å². The van der Waals surface area contributed by atoms with E-state index >= 15 is 0 Å². The van der Waals surface area contributed by atoms with Crippen LogP contribution in [-0.2, 0) is 9.59 Å². The number of ketones is 1. The first kappa shape index (κ1) is 22.3. The van der Waals surface area contributed by atoms with E-state index in [9.17, 15) is 14.7 Å². The topological polar surface area (TPSA) is 70.5 Å². The monoisotopic (exact) mass is 488 g/mol. The molecule has 5 nitrogen and oxygen atoms in total. The minimum absolute atomic E-state index is 0.0309. The lowest BCUT2D eigenvalue weighted by atomic mass is 9.95. The van der Waals surface area contributed by atoms with Gasteiger partial charge in [0.25, 0.3) is 5.78 Å². The molecule has 0 bridgehead atoms. The summed E-state index contributed by atoms with van der Waals surface area (Å²) in [7, 11) is 0. The van der Waals surface area contributed by atoms with Crippen molar-refractivity contribution < 1.29 is 14.7 Å². The summed E-state index contributed by atoms with van der Waals surface area (Å²) in [4.78, 5) is 32.8. The fourth-order valence-corrected chi connectivity index (χ4v) is 5.61. The Balaban J connectivity index is 1.74. The fourth-order valence-electron chi connectivity index (χ4n) is 4.32. The predicted octanol–water partition coefficient (Wildman–Crippen LogP) is 6.50. The van der Waals surface area contributed by atoms with E-state index in [4.69, 9.17) is 16.6 Å². The second kappa shape index (κ2) is 8.38. The largest absolute Gasteiger partial charge is 0.507 e. The van der Waals surface area contributed by atoms with Crippen LogP contribution in [0.25, 0.3) is 16.0 Å². The molecule has 170 valence electrons. The summed E-state index contributed by atoms with van der Waals surface area (Å²) < 4.78 is 0.940. The van der Waals surface area contributed by atoms with Gasteiger partial charge in [-0.15, -0.1) is 0 Å². The maximum absolute atomic E-state index is 13.4. The number of hydrogen-bond acceptors (Lipinski definition) is 5. The Labute approximate surface area is 205 Å². The quantitative estimate of drug-likeness (QED) is 0.203. The van der Waals surface area contributed by atoms with E-state index in [0.717, 1.165) is 26.9 Å². The molecule has 3 aromatic carbocycles. The minimum atomic E-state index is -0.807. The number of aliphatic hydroxyl groups is 1. The average molecular weight is 489 g/mol. The van der Waals surface area contributed by atoms with Crippen LogP contribution in [0.5, 0.6) is 0 Å². The summed E-state index contributed by atoms with van der Waals surface area (Å²) in [5, 5.41) is 12.1. The normalized spacial score (nSPS) is 17.6. The zero-order valence-electron chi connectivity index (χ0n) is 18.8. The number of aryl methyl sites for hydroxylation is 3. The van der Waals surface area contributed by atoms with Crippen LogP contribution in [0.4, 0.5) is 5.13 Å². The molecule has 0 radical (unpaired) electrons. The lowest BCUT2D eigenvalue weighted by molar-refractivity contribution is -0.132. The SMILES string of the molecule is Cc1ccc(C2/C(=C(\O)c3ccc(Cl)cc3)C(=O)C(=O)N2c2nc3c(C)cc(C)cc3s2)cc1. The summed E-state index contributed by atoms with van der Waals surface area (Å²) in [5.41, 5.74) is 5.10. The molecule has 7 heteroatoms. The molecule has 0 aliphatic carbocycles. The first-order valence-electron chi connectivity index (χ1n) is 10.8. The Morgan fingerprint density at radius 2 is 1.65 bits per heavy atom. The predicted molar refractivity (Wildman–Crippen MR) is 137 cm³/mol. The van der Waals surface area contributed by atoms with Crippen molar-refractivity contribution in [1.82, 2.24) is 4.98 Å². The zero-order valence-corrected chi connectivity index (χ0v) is 20.4. The van der Waals surface area contributed by atoms with Crippen molar-refractivity contribution in [2.45, 2.75) is 26.8 Å². The van der Waals surface area contributed by atoms with Crippen molar-refractivity contribution in [1.29, 1.82) is 0 Å². The number of carbonyl (C=O) groups excluding carboxylic acids is 2. The highest BCUT2D eigenvalue weighted by molar-refractivity contribution is 7.22. The standard InChI is InChI=1S/C27H21ClN2O3S/c1-14-4-6-17(7-5-14)23-21(24(31)18-8-10-19(28)11-9-18)25(32)26(33)30(23)27-29-22-16(3)12-15(2)13-20(22)34-27/h4-13,23,31H,1-3H3/b24-21+. The third-order valence-corrected chi connectivity index (χ3v) is 7.23. The maximum Gasteiger partial charge on any atom is 0.301 e. The lowest BCUT2D eigenvalue weighted by Gasteiger charge is -2.23. The number of fused-ring (bicyclic) bond motifs is 1. The van der Waals surface area contributed by atoms with Crippen molar-refractivity contribution in [3.05, 3.63) is 99.1 Å². The molecule has 2 heterocycles. The van der Waals surface area contributed by atoms with Crippen LogP contribution in [0.2, 0.25) is 5.02 Å². The third-order valence-electron chi connectivity index (χ3n) is 5.98. The number of aliphatic hydroxyl groups excluding tert-OH is 1. The highest BCUT2D eigenvalue weighted by atomic mass is 35.5. The molecule has 34 heavy (non-hydrogen) atoms. The second-order valence-electron chi connectivity index (χ2n) is 8.51. The molecule has 5 rings (SSSR count). The molecule has 1 saturated heterocycles. The van der Waals surface area contributed by atoms with E-state index in [2.05, 4.69) is 0 Å². The van der Waals surface area contributed by atoms with Crippen LogP contribution in [-0.4, -0.2) is 21.8 Å². The van der Waals surface area contributed by atoms with E-state index in [-0.39, 0.29) is 11.3 Å². The van der Waals surface area contributed by atoms with Gasteiger partial charge in [0, 0.05) is 10.6 Å². The second-order valence-corrected chi connectivity index (χ2v) is 9.96. The molecule has 1 N–H and O–H groups in total. The Kier molecular flexibility index (Phi) is 5.50. The fraction of sp³-hybridized carbons (Fsp3) is 0.148. The summed E-state index contributed by atoms with van der Waals surface area (Å²) in [6.07, 6.45) is 0. The highest BCUT2D eigenvalue weighted by Gasteiger charge is 2.48. The Hall–Kier alpha value is -3.48. The number of carbonyl (C=O) groups is 2. The van der Waals surface area contributed by atoms with Gasteiger partial charge < -0.3 is 5.11 Å². The van der Waals surface area contributed by atoms with Crippen molar-refractivity contribution in [2.75, 3.05) is 4.90 Å². The van der Waals surface area contributed by atoms with Gasteiger partial charge in [0.2, 0.25) is 0 Å². The first-order chi connectivity index (χ1) is 16.2. The molecule has 1 amide bonds. The van der Waals surface area contributed by atoms with Crippen LogP contribution < -0.4 is 4.90 Å².